The van der Waals surface area contributed by atoms with Crippen molar-refractivity contribution < 1.29 is 9.18 Å². The smallest absolute Gasteiger partial charge is 0.260 e. The first-order valence-electron chi connectivity index (χ1n) is 6.78. The molecule has 0 saturated heterocycles. The minimum Gasteiger partial charge on any atom is -0.296 e. The third kappa shape index (κ3) is 4.14. The molecule has 0 fully saturated rings. The van der Waals surface area contributed by atoms with Gasteiger partial charge in [0.15, 0.2) is 4.34 Å². The number of aromatic nitrogens is 2. The van der Waals surface area contributed by atoms with Crippen molar-refractivity contribution in [2.45, 2.75) is 10.1 Å². The van der Waals surface area contributed by atoms with Gasteiger partial charge in [-0.1, -0.05) is 65.6 Å². The summed E-state index contributed by atoms with van der Waals surface area (Å²) in [4.78, 5) is 12.0. The maximum Gasteiger partial charge on any atom is 0.260 e. The zero-order valence-corrected chi connectivity index (χ0v) is 13.5. The Morgan fingerprint density at radius 3 is 2.61 bits per heavy atom. The maximum atomic E-state index is 13.6. The van der Waals surface area contributed by atoms with Crippen molar-refractivity contribution in [1.82, 2.24) is 10.2 Å². The number of thioether (sulfide) groups is 1. The van der Waals surface area contributed by atoms with E-state index in [1.807, 2.05) is 30.3 Å². The van der Waals surface area contributed by atoms with E-state index < -0.39 is 11.7 Å². The molecular weight excluding hydrogens is 333 g/mol. The summed E-state index contributed by atoms with van der Waals surface area (Å²) in [7, 11) is 0. The lowest BCUT2D eigenvalue weighted by Crippen LogP contribution is -2.13. The van der Waals surface area contributed by atoms with Crippen LogP contribution in [0.1, 0.15) is 15.9 Å². The molecule has 116 valence electrons. The number of nitrogens with zero attached hydrogens (tertiary/aromatic N) is 2. The van der Waals surface area contributed by atoms with Gasteiger partial charge in [-0.05, 0) is 17.7 Å². The van der Waals surface area contributed by atoms with E-state index in [1.54, 1.807) is 6.07 Å². The van der Waals surface area contributed by atoms with Crippen molar-refractivity contribution >= 4 is 34.1 Å². The zero-order chi connectivity index (χ0) is 16.1. The van der Waals surface area contributed by atoms with Crippen LogP contribution in [0.3, 0.4) is 0 Å². The Kier molecular flexibility index (Phi) is 4.99. The van der Waals surface area contributed by atoms with Crippen LogP contribution in [0, 0.1) is 5.82 Å². The average Bonchev–Trinajstić information content (AvgIpc) is 3.02. The molecule has 1 N–H and O–H groups in total. The first-order valence-corrected chi connectivity index (χ1v) is 8.59. The van der Waals surface area contributed by atoms with Gasteiger partial charge < -0.3 is 0 Å². The summed E-state index contributed by atoms with van der Waals surface area (Å²) in [5, 5.41) is 10.9. The lowest BCUT2D eigenvalue weighted by Gasteiger charge is -2.01. The highest BCUT2D eigenvalue weighted by atomic mass is 32.2. The second-order valence-electron chi connectivity index (χ2n) is 4.58. The summed E-state index contributed by atoms with van der Waals surface area (Å²) in [6.07, 6.45) is 0. The molecule has 0 radical (unpaired) electrons. The SMILES string of the molecule is O=C(Nc1nnc(SCc2ccccc2)s1)c1ccccc1F. The van der Waals surface area contributed by atoms with E-state index in [0.29, 0.717) is 5.13 Å². The third-order valence-corrected chi connectivity index (χ3v) is 4.99. The normalized spacial score (nSPS) is 10.5. The highest BCUT2D eigenvalue weighted by molar-refractivity contribution is 8.00. The van der Waals surface area contributed by atoms with Crippen molar-refractivity contribution in [3.8, 4) is 0 Å². The number of anilines is 1. The van der Waals surface area contributed by atoms with E-state index in [0.717, 1.165) is 10.1 Å². The molecule has 1 amide bonds. The quantitative estimate of drug-likeness (QED) is 0.556. The standard InChI is InChI=1S/C16H12FN3OS2/c17-13-9-5-4-8-12(13)14(21)18-15-19-20-16(23-15)22-10-11-6-2-1-3-7-11/h1-9H,10H2,(H,18,19,21). The monoisotopic (exact) mass is 345 g/mol. The van der Waals surface area contributed by atoms with Gasteiger partial charge in [-0.25, -0.2) is 4.39 Å². The summed E-state index contributed by atoms with van der Waals surface area (Å²) >= 11 is 2.81. The minimum atomic E-state index is -0.562. The molecule has 0 bridgehead atoms. The molecule has 0 aliphatic carbocycles. The van der Waals surface area contributed by atoms with E-state index in [9.17, 15) is 9.18 Å². The largest absolute Gasteiger partial charge is 0.296 e. The number of carbonyl (C=O) groups excluding carboxylic acids is 1. The number of halogens is 1. The van der Waals surface area contributed by atoms with Crippen LogP contribution < -0.4 is 5.32 Å². The van der Waals surface area contributed by atoms with Gasteiger partial charge in [0, 0.05) is 5.75 Å². The highest BCUT2D eigenvalue weighted by Gasteiger charge is 2.13. The molecule has 3 aromatic rings. The molecule has 2 aromatic carbocycles. The van der Waals surface area contributed by atoms with E-state index in [1.165, 1.54) is 46.9 Å². The van der Waals surface area contributed by atoms with Crippen LogP contribution in [0.2, 0.25) is 0 Å². The van der Waals surface area contributed by atoms with Gasteiger partial charge in [0.05, 0.1) is 5.56 Å². The van der Waals surface area contributed by atoms with Gasteiger partial charge >= 0.3 is 0 Å². The second kappa shape index (κ2) is 7.34. The Morgan fingerprint density at radius 1 is 1.09 bits per heavy atom. The molecule has 4 nitrogen and oxygen atoms in total. The number of amides is 1. The van der Waals surface area contributed by atoms with Crippen LogP contribution in [-0.4, -0.2) is 16.1 Å². The van der Waals surface area contributed by atoms with Crippen molar-refractivity contribution in [3.05, 3.63) is 71.5 Å². The fraction of sp³-hybridized carbons (Fsp3) is 0.0625. The molecule has 23 heavy (non-hydrogen) atoms. The highest BCUT2D eigenvalue weighted by Crippen LogP contribution is 2.28. The fourth-order valence-electron chi connectivity index (χ4n) is 1.85. The van der Waals surface area contributed by atoms with Crippen LogP contribution in [0.25, 0.3) is 0 Å². The van der Waals surface area contributed by atoms with Gasteiger partial charge in [-0.15, -0.1) is 10.2 Å². The number of hydrogen-bond acceptors (Lipinski definition) is 5. The molecule has 1 heterocycles. The van der Waals surface area contributed by atoms with Crippen molar-refractivity contribution in [2.24, 2.45) is 0 Å². The summed E-state index contributed by atoms with van der Waals surface area (Å²) < 4.78 is 14.3. The first kappa shape index (κ1) is 15.6. The Labute approximate surface area is 140 Å². The Hall–Kier alpha value is -2.25. The number of nitrogens with one attached hydrogen (secondary N) is 1. The van der Waals surface area contributed by atoms with Gasteiger partial charge in [-0.3, -0.25) is 10.1 Å². The Balaban J connectivity index is 1.61. The molecule has 0 atom stereocenters. The number of carbonyl (C=O) groups is 1. The number of benzene rings is 2. The molecule has 0 aliphatic rings. The van der Waals surface area contributed by atoms with Gasteiger partial charge in [0.2, 0.25) is 5.13 Å². The summed E-state index contributed by atoms with van der Waals surface area (Å²) in [6.45, 7) is 0. The van der Waals surface area contributed by atoms with Crippen molar-refractivity contribution in [3.63, 3.8) is 0 Å². The lowest BCUT2D eigenvalue weighted by atomic mass is 10.2. The van der Waals surface area contributed by atoms with Gasteiger partial charge in [0.1, 0.15) is 5.82 Å². The van der Waals surface area contributed by atoms with E-state index >= 15 is 0 Å². The Morgan fingerprint density at radius 2 is 1.83 bits per heavy atom. The molecular formula is C16H12FN3OS2. The molecule has 3 rings (SSSR count). The average molecular weight is 345 g/mol. The van der Waals surface area contributed by atoms with Crippen molar-refractivity contribution in [1.29, 1.82) is 0 Å². The predicted molar refractivity (Wildman–Crippen MR) is 90.3 cm³/mol. The second-order valence-corrected chi connectivity index (χ2v) is 6.78. The molecule has 0 unspecified atom stereocenters. The zero-order valence-electron chi connectivity index (χ0n) is 11.9. The lowest BCUT2D eigenvalue weighted by molar-refractivity contribution is 0.102. The molecule has 0 aliphatic heterocycles. The fourth-order valence-corrected chi connectivity index (χ4v) is 3.55. The molecule has 0 spiro atoms. The predicted octanol–water partition coefficient (Wildman–Crippen LogP) is 4.22. The molecule has 7 heteroatoms. The van der Waals surface area contributed by atoms with E-state index in [-0.39, 0.29) is 5.56 Å². The first-order chi connectivity index (χ1) is 11.2. The van der Waals surface area contributed by atoms with Crippen LogP contribution >= 0.6 is 23.1 Å². The summed E-state index contributed by atoms with van der Waals surface area (Å²) in [5.41, 5.74) is 1.17. The Bertz CT molecular complexity index is 808. The summed E-state index contributed by atoms with van der Waals surface area (Å²) in [6, 6.07) is 15.8. The maximum absolute atomic E-state index is 13.6. The van der Waals surface area contributed by atoms with E-state index in [2.05, 4.69) is 15.5 Å². The van der Waals surface area contributed by atoms with Gasteiger partial charge in [-0.2, -0.15) is 0 Å². The molecule has 1 aromatic heterocycles. The van der Waals surface area contributed by atoms with Crippen LogP contribution in [0.4, 0.5) is 9.52 Å². The van der Waals surface area contributed by atoms with Gasteiger partial charge in [0.25, 0.3) is 5.91 Å². The topological polar surface area (TPSA) is 54.9 Å². The van der Waals surface area contributed by atoms with Crippen LogP contribution in [-0.2, 0) is 5.75 Å². The minimum absolute atomic E-state index is 0.0128. The van der Waals surface area contributed by atoms with E-state index in [4.69, 9.17) is 0 Å². The summed E-state index contributed by atoms with van der Waals surface area (Å²) in [5.74, 6) is -0.316. The van der Waals surface area contributed by atoms with Crippen molar-refractivity contribution in [2.75, 3.05) is 5.32 Å². The van der Waals surface area contributed by atoms with Crippen LogP contribution in [0.5, 0.6) is 0 Å². The molecule has 0 saturated carbocycles. The third-order valence-electron chi connectivity index (χ3n) is 2.95. The number of rotatable bonds is 5. The van der Waals surface area contributed by atoms with Crippen LogP contribution in [0.15, 0.2) is 58.9 Å². The number of hydrogen-bond donors (Lipinski definition) is 1.